The lowest BCUT2D eigenvalue weighted by Gasteiger charge is -2.20. The van der Waals surface area contributed by atoms with Gasteiger partial charge in [0.2, 0.25) is 18.6 Å². The molecular formula is C30H30N4O5. The van der Waals surface area contributed by atoms with Crippen molar-refractivity contribution in [3.63, 3.8) is 0 Å². The molecule has 4 heterocycles. The molecule has 1 fully saturated rings. The second-order valence-electron chi connectivity index (χ2n) is 9.80. The van der Waals surface area contributed by atoms with E-state index in [0.717, 1.165) is 29.7 Å². The van der Waals surface area contributed by atoms with Crippen LogP contribution >= 0.6 is 0 Å². The van der Waals surface area contributed by atoms with Crippen molar-refractivity contribution in [2.24, 2.45) is 0 Å². The molecule has 2 aromatic heterocycles. The minimum absolute atomic E-state index is 0.129. The Morgan fingerprint density at radius 3 is 2.87 bits per heavy atom. The number of imidazole rings is 1. The Kier molecular flexibility index (Phi) is 7.03. The molecule has 2 amide bonds. The molecule has 2 unspecified atom stereocenters. The molecule has 6 rings (SSSR count). The minimum atomic E-state index is -0.530. The van der Waals surface area contributed by atoms with Gasteiger partial charge in [-0.15, -0.1) is 0 Å². The summed E-state index contributed by atoms with van der Waals surface area (Å²) < 4.78 is 19.2. The van der Waals surface area contributed by atoms with Crippen molar-refractivity contribution < 1.29 is 23.8 Å². The number of carbonyl (C=O) groups excluding carboxylic acids is 2. The van der Waals surface area contributed by atoms with Crippen molar-refractivity contribution in [3.05, 3.63) is 89.9 Å². The van der Waals surface area contributed by atoms with Crippen LogP contribution in [-0.2, 0) is 16.2 Å². The average Bonchev–Trinajstić information content (AvgIpc) is 3.56. The number of carbonyl (C=O) groups is 2. The highest BCUT2D eigenvalue weighted by Crippen LogP contribution is 2.38. The third-order valence-corrected chi connectivity index (χ3v) is 7.18. The molecule has 2 aliphatic heterocycles. The molecule has 0 saturated carbocycles. The van der Waals surface area contributed by atoms with Crippen LogP contribution in [0.3, 0.4) is 0 Å². The fourth-order valence-electron chi connectivity index (χ4n) is 5.15. The second-order valence-corrected chi connectivity index (χ2v) is 9.80. The summed E-state index contributed by atoms with van der Waals surface area (Å²) >= 11 is 0. The molecular weight excluding hydrogens is 496 g/mol. The van der Waals surface area contributed by atoms with Gasteiger partial charge in [0.15, 0.2) is 22.9 Å². The summed E-state index contributed by atoms with van der Waals surface area (Å²) in [5.41, 5.74) is 3.44. The molecule has 2 aromatic carbocycles. The SMILES string of the molecule is O=C(CC(c1ccc2c(c1)OCO2)c1cnc2c(OCc3ccccc3)cccn12)NC1CCCCNC1=O. The molecule has 2 N–H and O–H groups in total. The van der Waals surface area contributed by atoms with Crippen LogP contribution in [0, 0.1) is 0 Å². The van der Waals surface area contributed by atoms with Gasteiger partial charge >= 0.3 is 0 Å². The molecule has 200 valence electrons. The standard InChI is InChI=1S/C30H30N4O5/c35-28(33-23-9-4-5-13-31-30(23)36)16-22(21-11-12-25-27(15-21)39-19-38-25)24-17-32-29-26(10-6-14-34(24)29)37-18-20-7-2-1-3-8-20/h1-3,6-8,10-12,14-15,17,22-23H,4-5,9,13,16,18-19H2,(H,31,36)(H,33,35). The van der Waals surface area contributed by atoms with Gasteiger partial charge in [0, 0.05) is 31.3 Å². The second kappa shape index (κ2) is 11.1. The fourth-order valence-corrected chi connectivity index (χ4v) is 5.15. The van der Waals surface area contributed by atoms with E-state index in [1.807, 2.05) is 71.3 Å². The number of pyridine rings is 1. The van der Waals surface area contributed by atoms with Gasteiger partial charge in [-0.25, -0.2) is 4.98 Å². The number of nitrogens with one attached hydrogen (secondary N) is 2. The molecule has 0 radical (unpaired) electrons. The summed E-state index contributed by atoms with van der Waals surface area (Å²) in [4.78, 5) is 30.5. The Bertz CT molecular complexity index is 1490. The fraction of sp³-hybridized carbons (Fsp3) is 0.300. The maximum Gasteiger partial charge on any atom is 0.242 e. The van der Waals surface area contributed by atoms with Crippen molar-refractivity contribution in [2.45, 2.75) is 44.2 Å². The van der Waals surface area contributed by atoms with Gasteiger partial charge in [-0.1, -0.05) is 36.4 Å². The van der Waals surface area contributed by atoms with E-state index in [4.69, 9.17) is 14.2 Å². The summed E-state index contributed by atoms with van der Waals surface area (Å²) in [7, 11) is 0. The molecule has 0 bridgehead atoms. The van der Waals surface area contributed by atoms with Crippen LogP contribution in [0.4, 0.5) is 0 Å². The highest BCUT2D eigenvalue weighted by molar-refractivity contribution is 5.88. The summed E-state index contributed by atoms with van der Waals surface area (Å²) in [5.74, 6) is 1.28. The van der Waals surface area contributed by atoms with E-state index in [1.165, 1.54) is 0 Å². The van der Waals surface area contributed by atoms with Gasteiger partial charge in [-0.2, -0.15) is 0 Å². The van der Waals surface area contributed by atoms with E-state index in [1.54, 1.807) is 6.20 Å². The van der Waals surface area contributed by atoms with Crippen LogP contribution in [0.5, 0.6) is 17.2 Å². The number of fused-ring (bicyclic) bond motifs is 2. The van der Waals surface area contributed by atoms with E-state index >= 15 is 0 Å². The molecule has 9 nitrogen and oxygen atoms in total. The Balaban J connectivity index is 1.30. The number of hydrogen-bond acceptors (Lipinski definition) is 6. The monoisotopic (exact) mass is 526 g/mol. The lowest BCUT2D eigenvalue weighted by Crippen LogP contribution is -2.45. The lowest BCUT2D eigenvalue weighted by atomic mass is 9.91. The molecule has 0 aliphatic carbocycles. The summed E-state index contributed by atoms with van der Waals surface area (Å²) in [6, 6.07) is 18.9. The van der Waals surface area contributed by atoms with E-state index in [2.05, 4.69) is 15.6 Å². The third-order valence-electron chi connectivity index (χ3n) is 7.18. The van der Waals surface area contributed by atoms with E-state index < -0.39 is 6.04 Å². The smallest absolute Gasteiger partial charge is 0.242 e. The van der Waals surface area contributed by atoms with Crippen LogP contribution in [0.1, 0.15) is 48.4 Å². The quantitative estimate of drug-likeness (QED) is 0.361. The van der Waals surface area contributed by atoms with Gasteiger partial charge in [-0.3, -0.25) is 9.59 Å². The number of benzene rings is 2. The Morgan fingerprint density at radius 1 is 1.10 bits per heavy atom. The van der Waals surface area contributed by atoms with Crippen LogP contribution < -0.4 is 24.8 Å². The van der Waals surface area contributed by atoms with Gasteiger partial charge in [0.05, 0.1) is 5.69 Å². The molecule has 1 saturated heterocycles. The first-order valence-corrected chi connectivity index (χ1v) is 13.2. The van der Waals surface area contributed by atoms with Crippen LogP contribution in [0.25, 0.3) is 5.65 Å². The zero-order chi connectivity index (χ0) is 26.6. The summed E-state index contributed by atoms with van der Waals surface area (Å²) in [6.45, 7) is 1.22. The summed E-state index contributed by atoms with van der Waals surface area (Å²) in [6.07, 6.45) is 6.26. The average molecular weight is 527 g/mol. The molecule has 2 aliphatic rings. The maximum atomic E-state index is 13.3. The van der Waals surface area contributed by atoms with E-state index in [0.29, 0.717) is 42.5 Å². The molecule has 39 heavy (non-hydrogen) atoms. The predicted molar refractivity (Wildman–Crippen MR) is 144 cm³/mol. The first-order chi connectivity index (χ1) is 19.2. The van der Waals surface area contributed by atoms with Crippen LogP contribution in [0.2, 0.25) is 0 Å². The number of aromatic nitrogens is 2. The largest absolute Gasteiger partial charge is 0.485 e. The van der Waals surface area contributed by atoms with Crippen molar-refractivity contribution in [1.82, 2.24) is 20.0 Å². The number of nitrogens with zero attached hydrogens (tertiary/aromatic N) is 2. The van der Waals surface area contributed by atoms with Gasteiger partial charge in [-0.05, 0) is 54.7 Å². The van der Waals surface area contributed by atoms with E-state index in [-0.39, 0.29) is 30.9 Å². The molecule has 9 heteroatoms. The minimum Gasteiger partial charge on any atom is -0.485 e. The highest BCUT2D eigenvalue weighted by Gasteiger charge is 2.28. The first-order valence-electron chi connectivity index (χ1n) is 13.2. The van der Waals surface area contributed by atoms with Crippen molar-refractivity contribution in [1.29, 1.82) is 0 Å². The number of hydrogen-bond donors (Lipinski definition) is 2. The van der Waals surface area contributed by atoms with Crippen molar-refractivity contribution in [2.75, 3.05) is 13.3 Å². The third kappa shape index (κ3) is 5.38. The number of ether oxygens (including phenoxy) is 3. The molecule has 2 atom stereocenters. The topological polar surface area (TPSA) is 103 Å². The van der Waals surface area contributed by atoms with Gasteiger partial charge in [0.1, 0.15) is 12.6 Å². The van der Waals surface area contributed by atoms with E-state index in [9.17, 15) is 9.59 Å². The molecule has 0 spiro atoms. The van der Waals surface area contributed by atoms with Crippen LogP contribution in [0.15, 0.2) is 73.1 Å². The normalized spacial score (nSPS) is 17.3. The Hall–Kier alpha value is -4.53. The Morgan fingerprint density at radius 2 is 1.97 bits per heavy atom. The zero-order valence-electron chi connectivity index (χ0n) is 21.5. The highest BCUT2D eigenvalue weighted by atomic mass is 16.7. The maximum absolute atomic E-state index is 13.3. The zero-order valence-corrected chi connectivity index (χ0v) is 21.5. The summed E-state index contributed by atoms with van der Waals surface area (Å²) in [5, 5.41) is 5.84. The van der Waals surface area contributed by atoms with Gasteiger partial charge in [0.25, 0.3) is 0 Å². The number of rotatable bonds is 8. The van der Waals surface area contributed by atoms with Crippen LogP contribution in [-0.4, -0.2) is 40.6 Å². The van der Waals surface area contributed by atoms with Gasteiger partial charge < -0.3 is 29.2 Å². The lowest BCUT2D eigenvalue weighted by molar-refractivity contribution is -0.128. The first kappa shape index (κ1) is 24.8. The molecule has 4 aromatic rings. The Labute approximate surface area is 226 Å². The predicted octanol–water partition coefficient (Wildman–Crippen LogP) is 3.95. The number of amides is 2. The van der Waals surface area contributed by atoms with Crippen molar-refractivity contribution in [3.8, 4) is 17.2 Å². The van der Waals surface area contributed by atoms with Crippen molar-refractivity contribution >= 4 is 17.5 Å².